The molecule has 2 N–H and O–H groups in total. The molecule has 2 amide bonds. The summed E-state index contributed by atoms with van der Waals surface area (Å²) in [6.07, 6.45) is 0. The molecule has 0 spiro atoms. The van der Waals surface area contributed by atoms with Gasteiger partial charge in [-0.3, -0.25) is 9.59 Å². The zero-order valence-corrected chi connectivity index (χ0v) is 12.5. The van der Waals surface area contributed by atoms with Gasteiger partial charge in [0.1, 0.15) is 5.75 Å². The van der Waals surface area contributed by atoms with Crippen molar-refractivity contribution in [2.24, 2.45) is 0 Å². The van der Waals surface area contributed by atoms with Gasteiger partial charge in [-0.1, -0.05) is 0 Å². The first-order chi connectivity index (χ1) is 11.1. The van der Waals surface area contributed by atoms with Gasteiger partial charge >= 0.3 is 0 Å². The van der Waals surface area contributed by atoms with Gasteiger partial charge in [0.2, 0.25) is 5.91 Å². The van der Waals surface area contributed by atoms with E-state index in [-0.39, 0.29) is 18.4 Å². The largest absolute Gasteiger partial charge is 0.497 e. The van der Waals surface area contributed by atoms with Crippen molar-refractivity contribution in [1.29, 1.82) is 5.26 Å². The Balaban J connectivity index is 1.85. The summed E-state index contributed by atoms with van der Waals surface area (Å²) in [7, 11) is 1.54. The molecule has 23 heavy (non-hydrogen) atoms. The number of methoxy groups -OCH3 is 1. The fourth-order valence-electron chi connectivity index (χ4n) is 1.84. The van der Waals surface area contributed by atoms with Crippen molar-refractivity contribution in [2.45, 2.75) is 0 Å². The molecule has 0 saturated heterocycles. The first-order valence-corrected chi connectivity index (χ1v) is 6.84. The van der Waals surface area contributed by atoms with E-state index >= 15 is 0 Å². The summed E-state index contributed by atoms with van der Waals surface area (Å²) in [6, 6.07) is 15.0. The van der Waals surface area contributed by atoms with Crippen molar-refractivity contribution in [3.05, 3.63) is 59.7 Å². The van der Waals surface area contributed by atoms with Gasteiger partial charge in [0.15, 0.2) is 0 Å². The van der Waals surface area contributed by atoms with Gasteiger partial charge in [0, 0.05) is 11.3 Å². The minimum absolute atomic E-state index is 0.148. The number of anilines is 1. The maximum atomic E-state index is 11.9. The molecule has 0 heterocycles. The topological polar surface area (TPSA) is 91.2 Å². The number of hydrogen-bond acceptors (Lipinski definition) is 4. The number of benzene rings is 2. The highest BCUT2D eigenvalue weighted by molar-refractivity contribution is 5.99. The molecule has 0 aliphatic heterocycles. The first-order valence-electron chi connectivity index (χ1n) is 6.84. The number of nitrogens with one attached hydrogen (secondary N) is 2. The maximum absolute atomic E-state index is 11.9. The molecule has 0 saturated carbocycles. The van der Waals surface area contributed by atoms with Gasteiger partial charge in [-0.05, 0) is 48.5 Å². The van der Waals surface area contributed by atoms with Crippen LogP contribution in [0.15, 0.2) is 48.5 Å². The van der Waals surface area contributed by atoms with Gasteiger partial charge in [-0.25, -0.2) is 0 Å². The van der Waals surface area contributed by atoms with Crippen LogP contribution in [0.4, 0.5) is 5.69 Å². The minimum Gasteiger partial charge on any atom is -0.497 e. The number of rotatable bonds is 5. The van der Waals surface area contributed by atoms with Crippen LogP contribution < -0.4 is 15.4 Å². The average molecular weight is 309 g/mol. The van der Waals surface area contributed by atoms with Crippen molar-refractivity contribution in [3.63, 3.8) is 0 Å². The van der Waals surface area contributed by atoms with E-state index in [1.54, 1.807) is 55.6 Å². The van der Waals surface area contributed by atoms with Gasteiger partial charge in [-0.2, -0.15) is 5.26 Å². The van der Waals surface area contributed by atoms with E-state index in [0.29, 0.717) is 22.6 Å². The van der Waals surface area contributed by atoms with E-state index in [1.165, 1.54) is 0 Å². The molecule has 0 radical (unpaired) electrons. The summed E-state index contributed by atoms with van der Waals surface area (Å²) in [5.41, 5.74) is 1.51. The van der Waals surface area contributed by atoms with E-state index in [4.69, 9.17) is 10.00 Å². The van der Waals surface area contributed by atoms with Crippen LogP contribution in [-0.4, -0.2) is 25.5 Å². The Morgan fingerprint density at radius 1 is 1.09 bits per heavy atom. The molecule has 0 aliphatic carbocycles. The van der Waals surface area contributed by atoms with Crippen LogP contribution in [0.2, 0.25) is 0 Å². The van der Waals surface area contributed by atoms with E-state index in [0.717, 1.165) is 0 Å². The fourth-order valence-corrected chi connectivity index (χ4v) is 1.84. The van der Waals surface area contributed by atoms with Gasteiger partial charge in [-0.15, -0.1) is 0 Å². The van der Waals surface area contributed by atoms with Crippen LogP contribution in [0.5, 0.6) is 5.75 Å². The van der Waals surface area contributed by atoms with Crippen LogP contribution in [-0.2, 0) is 4.79 Å². The lowest BCUT2D eigenvalue weighted by molar-refractivity contribution is -0.115. The summed E-state index contributed by atoms with van der Waals surface area (Å²) >= 11 is 0. The lowest BCUT2D eigenvalue weighted by atomic mass is 10.2. The zero-order valence-electron chi connectivity index (χ0n) is 12.5. The molecule has 2 aromatic rings. The van der Waals surface area contributed by atoms with Crippen molar-refractivity contribution in [3.8, 4) is 11.8 Å². The average Bonchev–Trinajstić information content (AvgIpc) is 2.60. The van der Waals surface area contributed by atoms with E-state index in [2.05, 4.69) is 10.6 Å². The van der Waals surface area contributed by atoms with Crippen molar-refractivity contribution >= 4 is 17.5 Å². The third kappa shape index (κ3) is 4.58. The Hall–Kier alpha value is -3.33. The third-order valence-electron chi connectivity index (χ3n) is 3.06. The smallest absolute Gasteiger partial charge is 0.251 e. The molecule has 6 nitrogen and oxygen atoms in total. The van der Waals surface area contributed by atoms with Crippen LogP contribution in [0, 0.1) is 11.3 Å². The number of amides is 2. The molecule has 0 atom stereocenters. The molecule has 0 fully saturated rings. The van der Waals surface area contributed by atoms with Crippen LogP contribution in [0.3, 0.4) is 0 Å². The molecule has 6 heteroatoms. The summed E-state index contributed by atoms with van der Waals surface area (Å²) in [6.45, 7) is -0.148. The Kier molecular flexibility index (Phi) is 5.31. The van der Waals surface area contributed by atoms with Crippen LogP contribution in [0.25, 0.3) is 0 Å². The lowest BCUT2D eigenvalue weighted by Crippen LogP contribution is -2.32. The Morgan fingerprint density at radius 2 is 1.74 bits per heavy atom. The molecule has 116 valence electrons. The van der Waals surface area contributed by atoms with Gasteiger partial charge in [0.05, 0.1) is 25.3 Å². The van der Waals surface area contributed by atoms with Gasteiger partial charge < -0.3 is 15.4 Å². The monoisotopic (exact) mass is 309 g/mol. The number of ether oxygens (including phenoxy) is 1. The van der Waals surface area contributed by atoms with E-state index < -0.39 is 0 Å². The fraction of sp³-hybridized carbons (Fsp3) is 0.118. The number of nitriles is 1. The predicted octanol–water partition coefficient (Wildman–Crippen LogP) is 1.94. The standard InChI is InChI=1S/C17H15N3O3/c1-23-15-8-4-13(5-9-15)17(22)19-11-16(21)20-14-6-2-12(10-18)3-7-14/h2-9H,11H2,1H3,(H,19,22)(H,20,21). The lowest BCUT2D eigenvalue weighted by Gasteiger charge is -2.07. The molecular formula is C17H15N3O3. The number of carbonyl (C=O) groups excluding carboxylic acids is 2. The molecule has 0 aromatic heterocycles. The van der Waals surface area contributed by atoms with Crippen molar-refractivity contribution < 1.29 is 14.3 Å². The summed E-state index contributed by atoms with van der Waals surface area (Å²) < 4.78 is 5.01. The first kappa shape index (κ1) is 16.0. The highest BCUT2D eigenvalue weighted by Gasteiger charge is 2.08. The van der Waals surface area contributed by atoms with E-state index in [9.17, 15) is 9.59 Å². The highest BCUT2D eigenvalue weighted by atomic mass is 16.5. The number of hydrogen-bond donors (Lipinski definition) is 2. The van der Waals surface area contributed by atoms with Crippen molar-refractivity contribution in [1.82, 2.24) is 5.32 Å². The SMILES string of the molecule is COc1ccc(C(=O)NCC(=O)Nc2ccc(C#N)cc2)cc1. The molecule has 0 bridgehead atoms. The van der Waals surface area contributed by atoms with Gasteiger partial charge in [0.25, 0.3) is 5.91 Å². The normalized spacial score (nSPS) is 9.57. The second-order valence-corrected chi connectivity index (χ2v) is 4.65. The zero-order chi connectivity index (χ0) is 16.7. The Labute approximate surface area is 133 Å². The molecule has 2 aromatic carbocycles. The van der Waals surface area contributed by atoms with Crippen LogP contribution in [0.1, 0.15) is 15.9 Å². The highest BCUT2D eigenvalue weighted by Crippen LogP contribution is 2.11. The van der Waals surface area contributed by atoms with Crippen LogP contribution >= 0.6 is 0 Å². The summed E-state index contributed by atoms with van der Waals surface area (Å²) in [4.78, 5) is 23.7. The molecular weight excluding hydrogens is 294 g/mol. The third-order valence-corrected chi connectivity index (χ3v) is 3.06. The summed E-state index contributed by atoms with van der Waals surface area (Å²) in [5.74, 6) is -0.0423. The second kappa shape index (κ2) is 7.61. The minimum atomic E-state index is -0.350. The quantitative estimate of drug-likeness (QED) is 0.883. The van der Waals surface area contributed by atoms with E-state index in [1.807, 2.05) is 6.07 Å². The summed E-state index contributed by atoms with van der Waals surface area (Å²) in [5, 5.41) is 13.9. The number of nitrogens with zero attached hydrogens (tertiary/aromatic N) is 1. The number of carbonyl (C=O) groups is 2. The maximum Gasteiger partial charge on any atom is 0.251 e. The predicted molar refractivity (Wildman–Crippen MR) is 85.1 cm³/mol. The Bertz CT molecular complexity index is 731. The molecule has 0 unspecified atom stereocenters. The molecule has 2 rings (SSSR count). The Morgan fingerprint density at radius 3 is 2.30 bits per heavy atom. The van der Waals surface area contributed by atoms with Crippen molar-refractivity contribution in [2.75, 3.05) is 19.0 Å². The second-order valence-electron chi connectivity index (χ2n) is 4.65. The molecule has 0 aliphatic rings.